The molecule has 7 heteroatoms. The normalized spacial score (nSPS) is 17.5. The van der Waals surface area contributed by atoms with Gasteiger partial charge < -0.3 is 14.8 Å². The largest absolute Gasteiger partial charge is 0.380 e. The molecule has 0 atom stereocenters. The van der Waals surface area contributed by atoms with Crippen LogP contribution in [0.1, 0.15) is 26.7 Å². The van der Waals surface area contributed by atoms with Gasteiger partial charge in [-0.2, -0.15) is 4.31 Å². The van der Waals surface area contributed by atoms with E-state index in [0.717, 1.165) is 25.9 Å². The summed E-state index contributed by atoms with van der Waals surface area (Å²) in [6, 6.07) is 0. The van der Waals surface area contributed by atoms with Crippen LogP contribution < -0.4 is 5.32 Å². The second-order valence-electron chi connectivity index (χ2n) is 5.26. The van der Waals surface area contributed by atoms with Gasteiger partial charge in [-0.05, 0) is 45.7 Å². The van der Waals surface area contributed by atoms with Crippen LogP contribution >= 0.6 is 0 Å². The molecule has 0 amide bonds. The van der Waals surface area contributed by atoms with Gasteiger partial charge in [0, 0.05) is 26.3 Å². The molecule has 1 N–H and O–H groups in total. The molecule has 0 aromatic rings. The first-order chi connectivity index (χ1) is 10.1. The Morgan fingerprint density at radius 1 is 1.05 bits per heavy atom. The molecule has 0 aromatic carbocycles. The van der Waals surface area contributed by atoms with Crippen LogP contribution in [0.3, 0.4) is 0 Å². The van der Waals surface area contributed by atoms with Crippen molar-refractivity contribution in [3.8, 4) is 0 Å². The van der Waals surface area contributed by atoms with Gasteiger partial charge in [0.2, 0.25) is 10.0 Å². The molecule has 0 aromatic heterocycles. The molecule has 0 unspecified atom stereocenters. The van der Waals surface area contributed by atoms with Crippen LogP contribution in [0.2, 0.25) is 0 Å². The zero-order valence-corrected chi connectivity index (χ0v) is 14.2. The van der Waals surface area contributed by atoms with Gasteiger partial charge in [0.25, 0.3) is 0 Å². The molecule has 6 nitrogen and oxygen atoms in total. The fourth-order valence-electron chi connectivity index (χ4n) is 2.46. The van der Waals surface area contributed by atoms with E-state index in [1.165, 1.54) is 4.31 Å². The van der Waals surface area contributed by atoms with E-state index < -0.39 is 10.0 Å². The molecular formula is C14H30N2O4S. The molecule has 126 valence electrons. The third-order valence-corrected chi connectivity index (χ3v) is 5.72. The SMILES string of the molecule is CCOCCN(CCOCC)S(=O)(=O)CC1CCNCC1. The Hall–Kier alpha value is -0.210. The van der Waals surface area contributed by atoms with E-state index in [0.29, 0.717) is 39.5 Å². The number of nitrogens with zero attached hydrogens (tertiary/aromatic N) is 1. The molecular weight excluding hydrogens is 292 g/mol. The van der Waals surface area contributed by atoms with Crippen molar-refractivity contribution in [2.45, 2.75) is 26.7 Å². The summed E-state index contributed by atoms with van der Waals surface area (Å²) in [7, 11) is -3.24. The first-order valence-electron chi connectivity index (χ1n) is 7.94. The lowest BCUT2D eigenvalue weighted by Gasteiger charge is -2.27. The maximum Gasteiger partial charge on any atom is 0.214 e. The molecule has 1 saturated heterocycles. The predicted molar refractivity (Wildman–Crippen MR) is 83.9 cm³/mol. The zero-order chi connectivity index (χ0) is 15.6. The van der Waals surface area contributed by atoms with Crippen LogP contribution in [-0.4, -0.2) is 71.1 Å². The smallest absolute Gasteiger partial charge is 0.214 e. The lowest BCUT2D eigenvalue weighted by Crippen LogP contribution is -2.41. The van der Waals surface area contributed by atoms with Crippen molar-refractivity contribution in [3.63, 3.8) is 0 Å². The number of nitrogens with one attached hydrogen (secondary N) is 1. The number of piperidine rings is 1. The van der Waals surface area contributed by atoms with Gasteiger partial charge in [-0.1, -0.05) is 0 Å². The van der Waals surface area contributed by atoms with Crippen LogP contribution in [0.4, 0.5) is 0 Å². The summed E-state index contributed by atoms with van der Waals surface area (Å²) >= 11 is 0. The highest BCUT2D eigenvalue weighted by Gasteiger charge is 2.26. The van der Waals surface area contributed by atoms with Gasteiger partial charge in [-0.15, -0.1) is 0 Å². The highest BCUT2D eigenvalue weighted by Crippen LogP contribution is 2.16. The minimum absolute atomic E-state index is 0.243. The molecule has 0 spiro atoms. The van der Waals surface area contributed by atoms with Gasteiger partial charge >= 0.3 is 0 Å². The predicted octanol–water partition coefficient (Wildman–Crippen LogP) is 0.691. The summed E-state index contributed by atoms with van der Waals surface area (Å²) < 4.78 is 37.3. The summed E-state index contributed by atoms with van der Waals surface area (Å²) in [5.74, 6) is 0.505. The van der Waals surface area contributed by atoms with Crippen molar-refractivity contribution in [3.05, 3.63) is 0 Å². The van der Waals surface area contributed by atoms with E-state index >= 15 is 0 Å². The van der Waals surface area contributed by atoms with E-state index in [9.17, 15) is 8.42 Å². The van der Waals surface area contributed by atoms with Gasteiger partial charge in [-0.3, -0.25) is 0 Å². The standard InChI is InChI=1S/C14H30N2O4S/c1-3-19-11-9-16(10-12-20-4-2)21(17,18)13-14-5-7-15-8-6-14/h14-15H,3-13H2,1-2H3. The van der Waals surface area contributed by atoms with Crippen molar-refractivity contribution < 1.29 is 17.9 Å². The van der Waals surface area contributed by atoms with E-state index in [2.05, 4.69) is 5.32 Å². The van der Waals surface area contributed by atoms with E-state index in [1.54, 1.807) is 0 Å². The molecule has 0 radical (unpaired) electrons. The van der Waals surface area contributed by atoms with Gasteiger partial charge in [0.1, 0.15) is 0 Å². The number of hydrogen-bond acceptors (Lipinski definition) is 5. The maximum absolute atomic E-state index is 12.6. The van der Waals surface area contributed by atoms with Crippen LogP contribution in [0, 0.1) is 5.92 Å². The Kier molecular flexibility index (Phi) is 9.42. The highest BCUT2D eigenvalue weighted by atomic mass is 32.2. The fourth-order valence-corrected chi connectivity index (χ4v) is 4.31. The Morgan fingerprint density at radius 2 is 1.57 bits per heavy atom. The Bertz CT molecular complexity index is 346. The molecule has 1 rings (SSSR count). The maximum atomic E-state index is 12.6. The minimum atomic E-state index is -3.24. The first kappa shape index (κ1) is 18.8. The van der Waals surface area contributed by atoms with Gasteiger partial charge in [0.15, 0.2) is 0 Å². The molecule has 21 heavy (non-hydrogen) atoms. The Balaban J connectivity index is 2.54. The number of sulfonamides is 1. The van der Waals surface area contributed by atoms with Crippen molar-refractivity contribution in [1.29, 1.82) is 0 Å². The third-order valence-electron chi connectivity index (χ3n) is 3.68. The van der Waals surface area contributed by atoms with Crippen LogP contribution in [0.25, 0.3) is 0 Å². The van der Waals surface area contributed by atoms with E-state index in [4.69, 9.17) is 9.47 Å². The lowest BCUT2D eigenvalue weighted by atomic mass is 10.0. The summed E-state index contributed by atoms with van der Waals surface area (Å²) in [4.78, 5) is 0. The van der Waals surface area contributed by atoms with Gasteiger partial charge in [-0.25, -0.2) is 8.42 Å². The molecule has 0 bridgehead atoms. The van der Waals surface area contributed by atoms with E-state index in [-0.39, 0.29) is 11.7 Å². The minimum Gasteiger partial charge on any atom is -0.380 e. The van der Waals surface area contributed by atoms with Crippen molar-refractivity contribution >= 4 is 10.0 Å². The van der Waals surface area contributed by atoms with Crippen LogP contribution in [0.15, 0.2) is 0 Å². The summed E-state index contributed by atoms with van der Waals surface area (Å²) in [6.07, 6.45) is 1.87. The highest BCUT2D eigenvalue weighted by molar-refractivity contribution is 7.89. The molecule has 0 saturated carbocycles. The first-order valence-corrected chi connectivity index (χ1v) is 9.55. The zero-order valence-electron chi connectivity index (χ0n) is 13.3. The molecule has 1 heterocycles. The van der Waals surface area contributed by atoms with Crippen molar-refractivity contribution in [1.82, 2.24) is 9.62 Å². The summed E-state index contributed by atoms with van der Waals surface area (Å²) in [5.41, 5.74) is 0. The number of hydrogen-bond donors (Lipinski definition) is 1. The molecule has 0 aliphatic carbocycles. The summed E-state index contributed by atoms with van der Waals surface area (Å²) in [6.45, 7) is 8.56. The molecule has 1 aliphatic heterocycles. The third kappa shape index (κ3) is 7.56. The van der Waals surface area contributed by atoms with Gasteiger partial charge in [0.05, 0.1) is 19.0 Å². The van der Waals surface area contributed by atoms with E-state index in [1.807, 2.05) is 13.8 Å². The van der Waals surface area contributed by atoms with Crippen LogP contribution in [0.5, 0.6) is 0 Å². The van der Waals surface area contributed by atoms with Crippen molar-refractivity contribution in [2.75, 3.05) is 58.4 Å². The fraction of sp³-hybridized carbons (Fsp3) is 1.00. The molecule has 1 fully saturated rings. The number of rotatable bonds is 11. The average Bonchev–Trinajstić information content (AvgIpc) is 2.46. The summed E-state index contributed by atoms with van der Waals surface area (Å²) in [5, 5.41) is 3.27. The average molecular weight is 322 g/mol. The Labute approximate surface area is 129 Å². The van der Waals surface area contributed by atoms with Crippen LogP contribution in [-0.2, 0) is 19.5 Å². The second-order valence-corrected chi connectivity index (χ2v) is 7.28. The quantitative estimate of drug-likeness (QED) is 0.567. The van der Waals surface area contributed by atoms with Crippen molar-refractivity contribution in [2.24, 2.45) is 5.92 Å². The topological polar surface area (TPSA) is 67.9 Å². The second kappa shape index (κ2) is 10.5. The molecule has 1 aliphatic rings. The number of ether oxygens (including phenoxy) is 2. The monoisotopic (exact) mass is 322 g/mol. The Morgan fingerprint density at radius 3 is 2.05 bits per heavy atom. The lowest BCUT2D eigenvalue weighted by molar-refractivity contribution is 0.110.